The topological polar surface area (TPSA) is 79.6 Å². The van der Waals surface area contributed by atoms with Crippen LogP contribution in [0, 0.1) is 13.8 Å². The van der Waals surface area contributed by atoms with Crippen molar-refractivity contribution in [1.29, 1.82) is 0 Å². The van der Waals surface area contributed by atoms with Crippen molar-refractivity contribution in [3.8, 4) is 0 Å². The van der Waals surface area contributed by atoms with Crippen LogP contribution in [0.3, 0.4) is 0 Å². The Morgan fingerprint density at radius 1 is 1.28 bits per heavy atom. The molecule has 2 amide bonds. The molecule has 1 aliphatic heterocycles. The first-order chi connectivity index (χ1) is 12.0. The maximum absolute atomic E-state index is 12.4. The summed E-state index contributed by atoms with van der Waals surface area (Å²) in [6.07, 6.45) is 5.87. The van der Waals surface area contributed by atoms with E-state index in [1.807, 2.05) is 42.8 Å². The average Bonchev–Trinajstić information content (AvgIpc) is 3.11. The Hall–Kier alpha value is -2.96. The molecule has 2 aromatic rings. The van der Waals surface area contributed by atoms with Crippen molar-refractivity contribution in [2.75, 3.05) is 11.6 Å². The summed E-state index contributed by atoms with van der Waals surface area (Å²) in [5.74, 6) is -0.327. The summed E-state index contributed by atoms with van der Waals surface area (Å²) in [6, 6.07) is 5.85. The molecule has 0 saturated heterocycles. The van der Waals surface area contributed by atoms with Gasteiger partial charge in [0.2, 0.25) is 5.91 Å². The van der Waals surface area contributed by atoms with E-state index in [1.165, 1.54) is 5.01 Å². The van der Waals surface area contributed by atoms with Crippen LogP contribution in [-0.4, -0.2) is 33.6 Å². The van der Waals surface area contributed by atoms with E-state index >= 15 is 0 Å². The smallest absolute Gasteiger partial charge is 0.267 e. The van der Waals surface area contributed by atoms with Crippen molar-refractivity contribution in [2.45, 2.75) is 33.2 Å². The Morgan fingerprint density at radius 2 is 2.12 bits per heavy atom. The number of carbonyl (C=O) groups excluding carboxylic acids is 2. The summed E-state index contributed by atoms with van der Waals surface area (Å²) >= 11 is 0. The Morgan fingerprint density at radius 3 is 2.88 bits per heavy atom. The highest BCUT2D eigenvalue weighted by atomic mass is 16.2. The number of nitrogens with zero attached hydrogens (tertiary/aromatic N) is 4. The number of imidazole rings is 1. The fourth-order valence-electron chi connectivity index (χ4n) is 2.67. The zero-order valence-corrected chi connectivity index (χ0v) is 14.4. The number of nitrogens with one attached hydrogen (secondary N) is 1. The van der Waals surface area contributed by atoms with E-state index in [2.05, 4.69) is 15.4 Å². The Bertz CT molecular complexity index is 811. The summed E-state index contributed by atoms with van der Waals surface area (Å²) in [5, 5.41) is 8.52. The number of rotatable bonds is 5. The van der Waals surface area contributed by atoms with E-state index in [0.29, 0.717) is 25.2 Å². The Balaban J connectivity index is 1.71. The van der Waals surface area contributed by atoms with Crippen LogP contribution >= 0.6 is 0 Å². The van der Waals surface area contributed by atoms with Gasteiger partial charge >= 0.3 is 0 Å². The van der Waals surface area contributed by atoms with Crippen LogP contribution in [0.2, 0.25) is 0 Å². The van der Waals surface area contributed by atoms with E-state index in [0.717, 1.165) is 16.8 Å². The van der Waals surface area contributed by atoms with Gasteiger partial charge < -0.3 is 9.88 Å². The molecular weight excluding hydrogens is 318 g/mol. The van der Waals surface area contributed by atoms with Crippen LogP contribution in [0.5, 0.6) is 0 Å². The van der Waals surface area contributed by atoms with E-state index in [4.69, 9.17) is 0 Å². The van der Waals surface area contributed by atoms with Gasteiger partial charge in [-0.2, -0.15) is 5.10 Å². The van der Waals surface area contributed by atoms with Crippen LogP contribution in [0.1, 0.15) is 24.0 Å². The van der Waals surface area contributed by atoms with Gasteiger partial charge in [-0.05, 0) is 31.0 Å². The van der Waals surface area contributed by atoms with Gasteiger partial charge in [0.05, 0.1) is 12.0 Å². The molecule has 0 saturated carbocycles. The molecule has 0 unspecified atom stereocenters. The second-order valence-electron chi connectivity index (χ2n) is 6.10. The molecule has 0 atom stereocenters. The van der Waals surface area contributed by atoms with Crippen molar-refractivity contribution >= 4 is 23.2 Å². The van der Waals surface area contributed by atoms with E-state index in [1.54, 1.807) is 12.5 Å². The minimum atomic E-state index is -0.233. The molecule has 1 N–H and O–H groups in total. The lowest BCUT2D eigenvalue weighted by molar-refractivity contribution is -0.119. The fourth-order valence-corrected chi connectivity index (χ4v) is 2.67. The minimum Gasteiger partial charge on any atom is -0.349 e. The van der Waals surface area contributed by atoms with E-state index < -0.39 is 0 Å². The van der Waals surface area contributed by atoms with Crippen LogP contribution < -0.4 is 10.3 Å². The van der Waals surface area contributed by atoms with Crippen molar-refractivity contribution in [2.24, 2.45) is 5.10 Å². The fraction of sp³-hybridized carbons (Fsp3) is 0.333. The van der Waals surface area contributed by atoms with Crippen LogP contribution in [0.25, 0.3) is 0 Å². The first-order valence-electron chi connectivity index (χ1n) is 8.26. The number of hydrogen-bond donors (Lipinski definition) is 1. The van der Waals surface area contributed by atoms with Gasteiger partial charge in [-0.25, -0.2) is 9.99 Å². The third-order valence-electron chi connectivity index (χ3n) is 4.10. The molecular formula is C18H21N5O2. The van der Waals surface area contributed by atoms with Gasteiger partial charge in [0.25, 0.3) is 5.91 Å². The van der Waals surface area contributed by atoms with Gasteiger partial charge in [0.15, 0.2) is 0 Å². The predicted molar refractivity (Wildman–Crippen MR) is 95.3 cm³/mol. The number of aromatic nitrogens is 2. The maximum atomic E-state index is 12.4. The molecule has 25 heavy (non-hydrogen) atoms. The van der Waals surface area contributed by atoms with Gasteiger partial charge in [0.1, 0.15) is 5.71 Å². The molecule has 1 aromatic carbocycles. The normalized spacial score (nSPS) is 14.4. The summed E-state index contributed by atoms with van der Waals surface area (Å²) in [6.45, 7) is 5.01. The van der Waals surface area contributed by atoms with Crippen LogP contribution in [0.4, 0.5) is 5.69 Å². The van der Waals surface area contributed by atoms with Gasteiger partial charge in [-0.15, -0.1) is 0 Å². The lowest BCUT2D eigenvalue weighted by Gasteiger charge is -2.24. The molecule has 0 aliphatic carbocycles. The zero-order valence-electron chi connectivity index (χ0n) is 14.4. The molecule has 130 valence electrons. The number of carbonyl (C=O) groups is 2. The highest BCUT2D eigenvalue weighted by Crippen LogP contribution is 2.25. The summed E-state index contributed by atoms with van der Waals surface area (Å²) in [5.41, 5.74) is 3.10. The largest absolute Gasteiger partial charge is 0.349 e. The van der Waals surface area contributed by atoms with Gasteiger partial charge in [-0.3, -0.25) is 9.59 Å². The molecule has 0 bridgehead atoms. The quantitative estimate of drug-likeness (QED) is 0.902. The lowest BCUT2D eigenvalue weighted by Crippen LogP contribution is -2.40. The summed E-state index contributed by atoms with van der Waals surface area (Å²) < 4.78 is 1.88. The predicted octanol–water partition coefficient (Wildman–Crippen LogP) is 1.80. The number of hydrazone groups is 1. The Kier molecular flexibility index (Phi) is 4.92. The minimum absolute atomic E-state index is 0.0938. The molecule has 1 aliphatic rings. The first kappa shape index (κ1) is 16.9. The third kappa shape index (κ3) is 3.93. The SMILES string of the molecule is Cc1ccc(C)c(N2N=C(C(=O)NCCn3ccnc3)CCC2=O)c1. The number of benzene rings is 1. The van der Waals surface area contributed by atoms with E-state index in [9.17, 15) is 9.59 Å². The number of aryl methyl sites for hydroxylation is 2. The average molecular weight is 339 g/mol. The number of amides is 2. The van der Waals surface area contributed by atoms with Crippen LogP contribution in [-0.2, 0) is 16.1 Å². The monoisotopic (exact) mass is 339 g/mol. The molecule has 7 heteroatoms. The molecule has 2 heterocycles. The molecule has 0 spiro atoms. The van der Waals surface area contributed by atoms with E-state index in [-0.39, 0.29) is 18.2 Å². The number of hydrogen-bond acceptors (Lipinski definition) is 4. The Labute approximate surface area is 146 Å². The molecule has 1 aromatic heterocycles. The molecule has 0 fully saturated rings. The summed E-state index contributed by atoms with van der Waals surface area (Å²) in [4.78, 5) is 28.6. The van der Waals surface area contributed by atoms with Gasteiger partial charge in [0, 0.05) is 38.3 Å². The maximum Gasteiger partial charge on any atom is 0.267 e. The summed E-state index contributed by atoms with van der Waals surface area (Å²) in [7, 11) is 0. The van der Waals surface area contributed by atoms with Crippen LogP contribution in [0.15, 0.2) is 42.0 Å². The van der Waals surface area contributed by atoms with Gasteiger partial charge in [-0.1, -0.05) is 12.1 Å². The molecule has 3 rings (SSSR count). The zero-order chi connectivity index (χ0) is 17.8. The lowest BCUT2D eigenvalue weighted by atomic mass is 10.1. The van der Waals surface area contributed by atoms with Crippen molar-refractivity contribution < 1.29 is 9.59 Å². The molecule has 7 nitrogen and oxygen atoms in total. The first-order valence-corrected chi connectivity index (χ1v) is 8.26. The molecule has 0 radical (unpaired) electrons. The highest BCUT2D eigenvalue weighted by molar-refractivity contribution is 6.40. The number of anilines is 1. The van der Waals surface area contributed by atoms with Crippen molar-refractivity contribution in [1.82, 2.24) is 14.9 Å². The van der Waals surface area contributed by atoms with Crippen molar-refractivity contribution in [3.05, 3.63) is 48.0 Å². The standard InChI is InChI=1S/C18H21N5O2/c1-13-3-4-14(2)16(11-13)23-17(24)6-5-15(21-23)18(25)20-8-10-22-9-7-19-12-22/h3-4,7,9,11-12H,5-6,8,10H2,1-2H3,(H,20,25). The van der Waals surface area contributed by atoms with Crippen molar-refractivity contribution in [3.63, 3.8) is 0 Å². The third-order valence-corrected chi connectivity index (χ3v) is 4.10. The highest BCUT2D eigenvalue weighted by Gasteiger charge is 2.26. The second-order valence-corrected chi connectivity index (χ2v) is 6.10. The second kappa shape index (κ2) is 7.29.